The Bertz CT molecular complexity index is 545. The number of nitrogens with zero attached hydrogens (tertiary/aromatic N) is 1. The summed E-state index contributed by atoms with van der Waals surface area (Å²) in [5.41, 5.74) is 8.53. The van der Waals surface area contributed by atoms with Crippen molar-refractivity contribution in [3.05, 3.63) is 29.8 Å². The minimum Gasteiger partial charge on any atom is -0.375 e. The molecule has 0 radical (unpaired) electrons. The zero-order valence-electron chi connectivity index (χ0n) is 9.65. The predicted octanol–water partition coefficient (Wildman–Crippen LogP) is 2.66. The first-order chi connectivity index (χ1) is 8.06. The van der Waals surface area contributed by atoms with Crippen LogP contribution in [0.25, 0.3) is 11.3 Å². The van der Waals surface area contributed by atoms with Crippen molar-refractivity contribution in [2.75, 3.05) is 11.1 Å². The molecule has 2 rings (SSSR count). The third-order valence-corrected chi connectivity index (χ3v) is 3.06. The van der Waals surface area contributed by atoms with Crippen LogP contribution in [-0.4, -0.2) is 10.9 Å². The van der Waals surface area contributed by atoms with Crippen molar-refractivity contribution in [3.8, 4) is 11.3 Å². The summed E-state index contributed by atoms with van der Waals surface area (Å²) in [5.74, 6) is -0.123. The van der Waals surface area contributed by atoms with Crippen LogP contribution in [0.4, 0.5) is 10.1 Å². The van der Waals surface area contributed by atoms with Gasteiger partial charge in [0.25, 0.3) is 0 Å². The van der Waals surface area contributed by atoms with Gasteiger partial charge in [0.05, 0.1) is 0 Å². The van der Waals surface area contributed by atoms with E-state index in [2.05, 4.69) is 10.3 Å². The van der Waals surface area contributed by atoms with Gasteiger partial charge >= 0.3 is 0 Å². The minimum absolute atomic E-state index is 0.123. The number of benzene rings is 1. The lowest BCUT2D eigenvalue weighted by Gasteiger charge is -2.02. The predicted molar refractivity (Wildman–Crippen MR) is 71.0 cm³/mol. The fourth-order valence-electron chi connectivity index (χ4n) is 1.49. The lowest BCUT2D eigenvalue weighted by molar-refractivity contribution is -0.114. The first-order valence-corrected chi connectivity index (χ1v) is 5.99. The number of hydrogen-bond donors (Lipinski definition) is 2. The molecular formula is C12H13N3OS. The molecule has 17 heavy (non-hydrogen) atoms. The van der Waals surface area contributed by atoms with E-state index in [1.807, 2.05) is 31.2 Å². The van der Waals surface area contributed by atoms with Crippen LogP contribution in [0.3, 0.4) is 0 Å². The molecule has 1 heterocycles. The first-order valence-electron chi connectivity index (χ1n) is 5.17. The minimum atomic E-state index is -0.123. The molecule has 1 aromatic heterocycles. The van der Waals surface area contributed by atoms with Crippen molar-refractivity contribution in [3.63, 3.8) is 0 Å². The normalized spacial score (nSPS) is 10.2. The molecule has 88 valence electrons. The number of hydrogen-bond acceptors (Lipinski definition) is 4. The van der Waals surface area contributed by atoms with Gasteiger partial charge in [-0.1, -0.05) is 41.2 Å². The Morgan fingerprint density at radius 3 is 2.59 bits per heavy atom. The molecule has 0 aliphatic rings. The number of nitrogen functional groups attached to an aromatic ring is 1. The summed E-state index contributed by atoms with van der Waals surface area (Å²) in [6, 6.07) is 7.94. The zero-order valence-corrected chi connectivity index (χ0v) is 10.5. The van der Waals surface area contributed by atoms with Gasteiger partial charge in [0.2, 0.25) is 5.91 Å². The highest BCUT2D eigenvalue weighted by Crippen LogP contribution is 2.34. The van der Waals surface area contributed by atoms with E-state index in [-0.39, 0.29) is 5.91 Å². The molecule has 0 atom stereocenters. The summed E-state index contributed by atoms with van der Waals surface area (Å²) in [7, 11) is 0. The van der Waals surface area contributed by atoms with E-state index in [0.717, 1.165) is 11.3 Å². The Balaban J connectivity index is 2.43. The molecule has 0 aliphatic heterocycles. The lowest BCUT2D eigenvalue weighted by Crippen LogP contribution is -2.05. The second kappa shape index (κ2) is 4.55. The number of aromatic nitrogens is 1. The number of carbonyl (C=O) groups is 1. The quantitative estimate of drug-likeness (QED) is 0.857. The fraction of sp³-hybridized carbons (Fsp3) is 0.167. The Labute approximate surface area is 103 Å². The van der Waals surface area contributed by atoms with Crippen LogP contribution in [0.5, 0.6) is 0 Å². The van der Waals surface area contributed by atoms with E-state index in [9.17, 15) is 4.79 Å². The third-order valence-electron chi connectivity index (χ3n) is 2.26. The summed E-state index contributed by atoms with van der Waals surface area (Å²) in [6.45, 7) is 3.49. The van der Waals surface area contributed by atoms with Gasteiger partial charge in [-0.2, -0.15) is 0 Å². The van der Waals surface area contributed by atoms with E-state index < -0.39 is 0 Å². The Morgan fingerprint density at radius 1 is 1.35 bits per heavy atom. The summed E-state index contributed by atoms with van der Waals surface area (Å²) < 4.78 is 0. The number of aryl methyl sites for hydroxylation is 1. The molecule has 0 fully saturated rings. The molecule has 0 bridgehead atoms. The van der Waals surface area contributed by atoms with Gasteiger partial charge in [-0.3, -0.25) is 4.79 Å². The maximum Gasteiger partial charge on any atom is 0.221 e. The highest BCUT2D eigenvalue weighted by atomic mass is 32.1. The Hall–Kier alpha value is -1.88. The summed E-state index contributed by atoms with van der Waals surface area (Å²) in [6.07, 6.45) is 0. The van der Waals surface area contributed by atoms with Gasteiger partial charge in [0, 0.05) is 12.5 Å². The average molecular weight is 247 g/mol. The van der Waals surface area contributed by atoms with Crippen LogP contribution in [0, 0.1) is 6.92 Å². The number of amides is 1. The van der Waals surface area contributed by atoms with Crippen molar-refractivity contribution in [1.82, 2.24) is 4.98 Å². The van der Waals surface area contributed by atoms with E-state index >= 15 is 0 Å². The van der Waals surface area contributed by atoms with Crippen molar-refractivity contribution in [2.24, 2.45) is 0 Å². The van der Waals surface area contributed by atoms with E-state index in [1.165, 1.54) is 23.8 Å². The maximum atomic E-state index is 11.1. The molecule has 0 saturated carbocycles. The number of rotatable bonds is 2. The van der Waals surface area contributed by atoms with Gasteiger partial charge in [-0.15, -0.1) is 0 Å². The monoisotopic (exact) mass is 247 g/mol. The fourth-order valence-corrected chi connectivity index (χ4v) is 2.29. The molecule has 0 unspecified atom stereocenters. The lowest BCUT2D eigenvalue weighted by atomic mass is 10.1. The second-order valence-corrected chi connectivity index (χ2v) is 4.81. The van der Waals surface area contributed by atoms with Crippen LogP contribution in [-0.2, 0) is 4.79 Å². The summed E-state index contributed by atoms with van der Waals surface area (Å²) in [5, 5.41) is 3.89. The van der Waals surface area contributed by atoms with E-state index in [1.54, 1.807) is 0 Å². The van der Waals surface area contributed by atoms with Gasteiger partial charge in [0.15, 0.2) is 5.13 Å². The molecule has 2 aromatic rings. The van der Waals surface area contributed by atoms with Gasteiger partial charge < -0.3 is 11.1 Å². The van der Waals surface area contributed by atoms with Gasteiger partial charge in [-0.25, -0.2) is 4.98 Å². The van der Waals surface area contributed by atoms with Crippen molar-refractivity contribution >= 4 is 27.4 Å². The molecule has 0 saturated heterocycles. The summed E-state index contributed by atoms with van der Waals surface area (Å²) >= 11 is 1.28. The SMILES string of the molecule is CC(=O)Nc1sc(N)nc1-c1ccc(C)cc1. The summed E-state index contributed by atoms with van der Waals surface area (Å²) in [4.78, 5) is 15.3. The number of anilines is 2. The number of nitrogens with two attached hydrogens (primary N) is 1. The van der Waals surface area contributed by atoms with Gasteiger partial charge in [0.1, 0.15) is 10.7 Å². The van der Waals surface area contributed by atoms with E-state index in [4.69, 9.17) is 5.73 Å². The highest BCUT2D eigenvalue weighted by molar-refractivity contribution is 7.20. The molecule has 0 spiro atoms. The molecule has 4 nitrogen and oxygen atoms in total. The zero-order chi connectivity index (χ0) is 12.4. The molecular weight excluding hydrogens is 234 g/mol. The molecule has 0 aliphatic carbocycles. The molecule has 1 aromatic carbocycles. The van der Waals surface area contributed by atoms with Crippen LogP contribution in [0.1, 0.15) is 12.5 Å². The van der Waals surface area contributed by atoms with Crippen LogP contribution < -0.4 is 11.1 Å². The van der Waals surface area contributed by atoms with Crippen molar-refractivity contribution in [1.29, 1.82) is 0 Å². The Kier molecular flexibility index (Phi) is 3.10. The third kappa shape index (κ3) is 2.62. The van der Waals surface area contributed by atoms with E-state index in [0.29, 0.717) is 10.1 Å². The van der Waals surface area contributed by atoms with Gasteiger partial charge in [-0.05, 0) is 6.92 Å². The molecule has 1 amide bonds. The average Bonchev–Trinajstić information content (AvgIpc) is 2.59. The molecule has 3 N–H and O–H groups in total. The number of thiazole rings is 1. The van der Waals surface area contributed by atoms with Crippen LogP contribution in [0.2, 0.25) is 0 Å². The van der Waals surface area contributed by atoms with Crippen LogP contribution >= 0.6 is 11.3 Å². The number of nitrogens with one attached hydrogen (secondary N) is 1. The Morgan fingerprint density at radius 2 is 2.00 bits per heavy atom. The largest absolute Gasteiger partial charge is 0.375 e. The maximum absolute atomic E-state index is 11.1. The van der Waals surface area contributed by atoms with Crippen molar-refractivity contribution < 1.29 is 4.79 Å². The first kappa shape index (κ1) is 11.6. The highest BCUT2D eigenvalue weighted by Gasteiger charge is 2.12. The second-order valence-electron chi connectivity index (χ2n) is 3.78. The smallest absolute Gasteiger partial charge is 0.221 e. The number of carbonyl (C=O) groups excluding carboxylic acids is 1. The topological polar surface area (TPSA) is 68.0 Å². The molecule has 5 heteroatoms. The van der Waals surface area contributed by atoms with Crippen molar-refractivity contribution in [2.45, 2.75) is 13.8 Å². The van der Waals surface area contributed by atoms with Crippen LogP contribution in [0.15, 0.2) is 24.3 Å². The standard InChI is InChI=1S/C12H13N3OS/c1-7-3-5-9(6-4-7)10-11(14-8(2)16)17-12(13)15-10/h3-6H,1-2H3,(H2,13,15)(H,14,16).